The van der Waals surface area contributed by atoms with Crippen molar-refractivity contribution in [1.82, 2.24) is 0 Å². The molecule has 0 radical (unpaired) electrons. The summed E-state index contributed by atoms with van der Waals surface area (Å²) in [5.41, 5.74) is 9.14. The van der Waals surface area contributed by atoms with Crippen molar-refractivity contribution in [2.24, 2.45) is 5.11 Å². The highest BCUT2D eigenvalue weighted by atomic mass is 16.8. The number of hydrogen-bond acceptors (Lipinski definition) is 18. The van der Waals surface area contributed by atoms with E-state index in [4.69, 9.17) is 48.2 Å². The lowest BCUT2D eigenvalue weighted by Gasteiger charge is -2.47. The van der Waals surface area contributed by atoms with E-state index in [1.165, 1.54) is 0 Å². The molecule has 0 aliphatic carbocycles. The molecule has 0 bridgehead atoms. The third-order valence-corrected chi connectivity index (χ3v) is 6.02. The SMILES string of the molecule is CC(=O)OCC1OC([N+](=O)[O-])C(N=[N+]=[N-])[C@@H](OC(C)=O)[C@H]1O[C@@H]1OC(COC(C)=O)[C@H](OC(C)=O)[C@H](OC(C)=O)C1OC(C)=O. The molecule has 0 aromatic rings. The highest BCUT2D eigenvalue weighted by Gasteiger charge is 2.58. The first-order valence-electron chi connectivity index (χ1n) is 13.1. The van der Waals surface area contributed by atoms with Crippen LogP contribution < -0.4 is 0 Å². The molecule has 250 valence electrons. The fourth-order valence-corrected chi connectivity index (χ4v) is 4.54. The molecule has 0 aromatic carbocycles. The van der Waals surface area contributed by atoms with Crippen LogP contribution in [0.15, 0.2) is 5.11 Å². The summed E-state index contributed by atoms with van der Waals surface area (Å²) in [5.74, 6) is -5.45. The van der Waals surface area contributed by atoms with Crippen LogP contribution in [0.5, 0.6) is 0 Å². The molecule has 2 aliphatic rings. The van der Waals surface area contributed by atoms with Crippen LogP contribution in [-0.2, 0) is 71.4 Å². The van der Waals surface area contributed by atoms with Gasteiger partial charge in [-0.2, -0.15) is 0 Å². The third kappa shape index (κ3) is 10.5. The number of carbonyl (C=O) groups excluding carboxylic acids is 6. The van der Waals surface area contributed by atoms with Gasteiger partial charge in [0, 0.05) is 46.5 Å². The standard InChI is InChI=1S/C24H32N4O17/c1-9(29)37-7-15-18(20(40-12(4)32)17(26-27-25)23(43-15)28(35)36)45-24-22(42-14(6)34)21(41-13(5)33)19(39-11(3)31)16(44-24)8-38-10(2)30/h15-24H,7-8H2,1-6H3/t15?,16?,17?,18-,19-,20+,21-,22?,23?,24-/m0/s1. The zero-order valence-corrected chi connectivity index (χ0v) is 24.9. The van der Waals surface area contributed by atoms with Crippen molar-refractivity contribution in [2.75, 3.05) is 13.2 Å². The summed E-state index contributed by atoms with van der Waals surface area (Å²) < 4.78 is 48.6. The molecule has 2 fully saturated rings. The number of carbonyl (C=O) groups is 6. The van der Waals surface area contributed by atoms with Gasteiger partial charge in [0.25, 0.3) is 0 Å². The van der Waals surface area contributed by atoms with Gasteiger partial charge >= 0.3 is 42.0 Å². The number of esters is 6. The molecule has 2 saturated heterocycles. The van der Waals surface area contributed by atoms with Crippen LogP contribution in [0.25, 0.3) is 10.4 Å². The first-order chi connectivity index (χ1) is 21.0. The van der Waals surface area contributed by atoms with Crippen molar-refractivity contribution in [1.29, 1.82) is 0 Å². The Bertz CT molecular complexity index is 1210. The van der Waals surface area contributed by atoms with Crippen molar-refractivity contribution in [3.05, 3.63) is 20.6 Å². The molecule has 5 unspecified atom stereocenters. The normalized spacial score (nSPS) is 30.8. The number of azide groups is 1. The molecule has 2 aliphatic heterocycles. The van der Waals surface area contributed by atoms with Crippen LogP contribution in [0, 0.1) is 10.1 Å². The Morgan fingerprint density at radius 1 is 0.689 bits per heavy atom. The van der Waals surface area contributed by atoms with E-state index in [9.17, 15) is 38.9 Å². The van der Waals surface area contributed by atoms with Crippen LogP contribution in [-0.4, -0.2) is 115 Å². The van der Waals surface area contributed by atoms with Crippen molar-refractivity contribution in [3.8, 4) is 0 Å². The van der Waals surface area contributed by atoms with Crippen LogP contribution in [0.1, 0.15) is 41.5 Å². The minimum Gasteiger partial charge on any atom is -0.463 e. The van der Waals surface area contributed by atoms with Crippen molar-refractivity contribution in [3.63, 3.8) is 0 Å². The van der Waals surface area contributed by atoms with E-state index < -0.39 is 115 Å². The number of rotatable bonds is 12. The molecule has 2 rings (SSSR count). The summed E-state index contributed by atoms with van der Waals surface area (Å²) >= 11 is 0. The molecule has 21 heteroatoms. The van der Waals surface area contributed by atoms with Gasteiger partial charge in [-0.25, -0.2) is 0 Å². The van der Waals surface area contributed by atoms with Gasteiger partial charge < -0.3 is 42.6 Å². The highest BCUT2D eigenvalue weighted by molar-refractivity contribution is 5.69. The lowest BCUT2D eigenvalue weighted by Crippen LogP contribution is -2.67. The first-order valence-corrected chi connectivity index (χ1v) is 13.1. The Morgan fingerprint density at radius 2 is 1.13 bits per heavy atom. The zero-order valence-electron chi connectivity index (χ0n) is 24.9. The van der Waals surface area contributed by atoms with Gasteiger partial charge in [0.15, 0.2) is 30.6 Å². The summed E-state index contributed by atoms with van der Waals surface area (Å²) in [6, 6.07) is -1.86. The molecule has 2 heterocycles. The number of ether oxygens (including phenoxy) is 9. The summed E-state index contributed by atoms with van der Waals surface area (Å²) in [6.45, 7) is 4.66. The summed E-state index contributed by atoms with van der Waals surface area (Å²) in [7, 11) is 0. The second-order valence-corrected chi connectivity index (χ2v) is 9.59. The van der Waals surface area contributed by atoms with Crippen molar-refractivity contribution < 1.29 is 76.3 Å². The second-order valence-electron chi connectivity index (χ2n) is 9.59. The van der Waals surface area contributed by atoms with Gasteiger partial charge in [0.2, 0.25) is 0 Å². The lowest BCUT2D eigenvalue weighted by atomic mass is 9.94. The van der Waals surface area contributed by atoms with Crippen LogP contribution >= 0.6 is 0 Å². The topological polar surface area (TPSA) is 277 Å². The van der Waals surface area contributed by atoms with Gasteiger partial charge in [0.05, 0.1) is 4.92 Å². The van der Waals surface area contributed by atoms with E-state index in [0.717, 1.165) is 41.5 Å². The fraction of sp³-hybridized carbons (Fsp3) is 0.750. The van der Waals surface area contributed by atoms with Gasteiger partial charge in [0.1, 0.15) is 37.6 Å². The minimum absolute atomic E-state index is 0.617. The average Bonchev–Trinajstić information content (AvgIpc) is 2.90. The average molecular weight is 649 g/mol. The Hall–Kier alpha value is -4.59. The number of hydrogen-bond donors (Lipinski definition) is 0. The molecule has 21 nitrogen and oxygen atoms in total. The monoisotopic (exact) mass is 648 g/mol. The van der Waals surface area contributed by atoms with E-state index >= 15 is 0 Å². The van der Waals surface area contributed by atoms with E-state index in [1.807, 2.05) is 0 Å². The van der Waals surface area contributed by atoms with E-state index in [-0.39, 0.29) is 0 Å². The van der Waals surface area contributed by atoms with Gasteiger partial charge in [-0.1, -0.05) is 5.11 Å². The Labute approximate surface area is 254 Å². The van der Waals surface area contributed by atoms with Crippen molar-refractivity contribution in [2.45, 2.75) is 103 Å². The summed E-state index contributed by atoms with van der Waals surface area (Å²) in [4.78, 5) is 85.1. The minimum atomic E-state index is -2.12. The van der Waals surface area contributed by atoms with E-state index in [1.54, 1.807) is 0 Å². The van der Waals surface area contributed by atoms with Crippen molar-refractivity contribution >= 4 is 35.8 Å². The maximum Gasteiger partial charge on any atom is 0.328 e. The summed E-state index contributed by atoms with van der Waals surface area (Å²) in [6.07, 6.45) is -15.6. The molecule has 0 aromatic heterocycles. The molecule has 0 saturated carbocycles. The van der Waals surface area contributed by atoms with E-state index in [0.29, 0.717) is 0 Å². The van der Waals surface area contributed by atoms with Crippen LogP contribution in [0.3, 0.4) is 0 Å². The molecule has 0 amide bonds. The largest absolute Gasteiger partial charge is 0.463 e. The van der Waals surface area contributed by atoms with Gasteiger partial charge in [-0.3, -0.25) is 38.9 Å². The fourth-order valence-electron chi connectivity index (χ4n) is 4.54. The predicted octanol–water partition coefficient (Wildman–Crippen LogP) is -0.370. The maximum atomic E-state index is 12.2. The maximum absolute atomic E-state index is 12.2. The number of nitrogens with zero attached hydrogens (tertiary/aromatic N) is 4. The molecular formula is C24H32N4O17. The molecule has 0 N–H and O–H groups in total. The third-order valence-electron chi connectivity index (χ3n) is 6.02. The zero-order chi connectivity index (χ0) is 34.0. The molecule has 10 atom stereocenters. The smallest absolute Gasteiger partial charge is 0.328 e. The molecule has 0 spiro atoms. The van der Waals surface area contributed by atoms with Crippen LogP contribution in [0.2, 0.25) is 0 Å². The lowest BCUT2D eigenvalue weighted by molar-refractivity contribution is -0.594. The Morgan fingerprint density at radius 3 is 1.58 bits per heavy atom. The van der Waals surface area contributed by atoms with Crippen LogP contribution in [0.4, 0.5) is 0 Å². The Balaban J connectivity index is 2.72. The second kappa shape index (κ2) is 16.5. The quantitative estimate of drug-likeness (QED) is 0.0496. The number of nitro groups is 1. The Kier molecular flexibility index (Phi) is 13.4. The molecule has 45 heavy (non-hydrogen) atoms. The summed E-state index contributed by atoms with van der Waals surface area (Å²) in [5, 5.41) is 15.2. The first kappa shape index (κ1) is 36.6. The molecular weight excluding hydrogens is 616 g/mol. The predicted molar refractivity (Wildman–Crippen MR) is 138 cm³/mol. The highest BCUT2D eigenvalue weighted by Crippen LogP contribution is 2.35. The van der Waals surface area contributed by atoms with Gasteiger partial charge in [-0.05, 0) is 5.53 Å². The van der Waals surface area contributed by atoms with Gasteiger partial charge in [-0.15, -0.1) is 0 Å². The van der Waals surface area contributed by atoms with E-state index in [2.05, 4.69) is 10.0 Å².